The zero-order valence-electron chi connectivity index (χ0n) is 8.40. The third kappa shape index (κ3) is 2.85. The van der Waals surface area contributed by atoms with Gasteiger partial charge in [-0.3, -0.25) is 9.48 Å². The van der Waals surface area contributed by atoms with E-state index in [1.54, 1.807) is 10.9 Å². The molecule has 1 heterocycles. The van der Waals surface area contributed by atoms with Gasteiger partial charge in [0, 0.05) is 25.4 Å². The van der Waals surface area contributed by atoms with Crippen molar-refractivity contribution in [3.05, 3.63) is 18.0 Å². The van der Waals surface area contributed by atoms with Crippen molar-refractivity contribution < 1.29 is 9.90 Å². The zero-order chi connectivity index (χ0) is 10.6. The molecule has 0 saturated carbocycles. The lowest BCUT2D eigenvalue weighted by Crippen LogP contribution is -2.35. The van der Waals surface area contributed by atoms with Gasteiger partial charge in [0.1, 0.15) is 6.04 Å². The lowest BCUT2D eigenvalue weighted by Gasteiger charge is -2.10. The molecular formula is C9H15N3O2. The summed E-state index contributed by atoms with van der Waals surface area (Å²) in [6.07, 6.45) is 4.17. The minimum absolute atomic E-state index is 0.477. The van der Waals surface area contributed by atoms with Crippen LogP contribution in [0, 0.1) is 0 Å². The highest BCUT2D eigenvalue weighted by atomic mass is 16.4. The summed E-state index contributed by atoms with van der Waals surface area (Å²) < 4.78 is 1.69. The highest BCUT2D eigenvalue weighted by Crippen LogP contribution is 1.98. The summed E-state index contributed by atoms with van der Waals surface area (Å²) in [5.41, 5.74) is 0.993. The van der Waals surface area contributed by atoms with Gasteiger partial charge in [-0.1, -0.05) is 6.92 Å². The summed E-state index contributed by atoms with van der Waals surface area (Å²) in [4.78, 5) is 10.7. The first-order valence-electron chi connectivity index (χ1n) is 4.57. The summed E-state index contributed by atoms with van der Waals surface area (Å²) in [6, 6.07) is -0.477. The molecule has 0 saturated heterocycles. The van der Waals surface area contributed by atoms with Crippen molar-refractivity contribution in [1.29, 1.82) is 0 Å². The molecule has 0 spiro atoms. The van der Waals surface area contributed by atoms with E-state index in [4.69, 9.17) is 5.11 Å². The molecule has 1 unspecified atom stereocenters. The molecule has 78 valence electrons. The quantitative estimate of drug-likeness (QED) is 0.715. The SMILES string of the molecule is CCC(NCc1cnn(C)c1)C(=O)O. The Morgan fingerprint density at radius 2 is 2.50 bits per heavy atom. The van der Waals surface area contributed by atoms with Crippen LogP contribution < -0.4 is 5.32 Å². The molecule has 0 bridgehead atoms. The first kappa shape index (κ1) is 10.7. The smallest absolute Gasteiger partial charge is 0.320 e. The van der Waals surface area contributed by atoms with E-state index in [0.717, 1.165) is 5.56 Å². The van der Waals surface area contributed by atoms with Crippen LogP contribution in [-0.4, -0.2) is 26.9 Å². The molecule has 0 aromatic carbocycles. The van der Waals surface area contributed by atoms with Crippen LogP contribution in [-0.2, 0) is 18.4 Å². The molecule has 0 aliphatic carbocycles. The van der Waals surface area contributed by atoms with E-state index in [-0.39, 0.29) is 0 Å². The van der Waals surface area contributed by atoms with Gasteiger partial charge < -0.3 is 10.4 Å². The third-order valence-electron chi connectivity index (χ3n) is 2.02. The molecule has 0 fully saturated rings. The third-order valence-corrected chi connectivity index (χ3v) is 2.02. The highest BCUT2D eigenvalue weighted by molar-refractivity contribution is 5.73. The average Bonchev–Trinajstić information content (AvgIpc) is 2.52. The number of rotatable bonds is 5. The van der Waals surface area contributed by atoms with Crippen molar-refractivity contribution in [2.24, 2.45) is 7.05 Å². The largest absolute Gasteiger partial charge is 0.480 e. The maximum Gasteiger partial charge on any atom is 0.320 e. The van der Waals surface area contributed by atoms with E-state index < -0.39 is 12.0 Å². The summed E-state index contributed by atoms with van der Waals surface area (Å²) in [6.45, 7) is 2.38. The van der Waals surface area contributed by atoms with Crippen LogP contribution in [0.4, 0.5) is 0 Å². The molecule has 14 heavy (non-hydrogen) atoms. The van der Waals surface area contributed by atoms with E-state index in [0.29, 0.717) is 13.0 Å². The predicted octanol–water partition coefficient (Wildman–Crippen LogP) is 0.373. The number of hydrogen-bond acceptors (Lipinski definition) is 3. The van der Waals surface area contributed by atoms with Crippen LogP contribution in [0.2, 0.25) is 0 Å². The van der Waals surface area contributed by atoms with Crippen LogP contribution in [0.15, 0.2) is 12.4 Å². The van der Waals surface area contributed by atoms with Gasteiger partial charge in [-0.05, 0) is 6.42 Å². The Balaban J connectivity index is 2.43. The van der Waals surface area contributed by atoms with Gasteiger partial charge in [0.15, 0.2) is 0 Å². The lowest BCUT2D eigenvalue weighted by molar-refractivity contribution is -0.139. The second kappa shape index (κ2) is 4.76. The molecule has 0 aliphatic rings. The minimum Gasteiger partial charge on any atom is -0.480 e. The van der Waals surface area contributed by atoms with E-state index in [1.165, 1.54) is 0 Å². The predicted molar refractivity (Wildman–Crippen MR) is 51.8 cm³/mol. The first-order valence-corrected chi connectivity index (χ1v) is 4.57. The van der Waals surface area contributed by atoms with Crippen molar-refractivity contribution in [3.8, 4) is 0 Å². The molecule has 1 aromatic heterocycles. The number of nitrogens with one attached hydrogen (secondary N) is 1. The number of aryl methyl sites for hydroxylation is 1. The Morgan fingerprint density at radius 1 is 1.79 bits per heavy atom. The van der Waals surface area contributed by atoms with Crippen LogP contribution in [0.1, 0.15) is 18.9 Å². The Kier molecular flexibility index (Phi) is 3.64. The van der Waals surface area contributed by atoms with Gasteiger partial charge in [-0.25, -0.2) is 0 Å². The maximum atomic E-state index is 10.7. The number of aliphatic carboxylic acids is 1. The van der Waals surface area contributed by atoms with Crippen LogP contribution in [0.3, 0.4) is 0 Å². The standard InChI is InChI=1S/C9H15N3O2/c1-3-8(9(13)14)10-4-7-5-11-12(2)6-7/h5-6,8,10H,3-4H2,1-2H3,(H,13,14). The summed E-state index contributed by atoms with van der Waals surface area (Å²) >= 11 is 0. The van der Waals surface area contributed by atoms with Crippen molar-refractivity contribution in [1.82, 2.24) is 15.1 Å². The fourth-order valence-corrected chi connectivity index (χ4v) is 1.21. The Bertz CT molecular complexity index is 309. The fourth-order valence-electron chi connectivity index (χ4n) is 1.21. The zero-order valence-corrected chi connectivity index (χ0v) is 8.40. The van der Waals surface area contributed by atoms with Crippen molar-refractivity contribution in [2.75, 3.05) is 0 Å². The van der Waals surface area contributed by atoms with Gasteiger partial charge in [0.2, 0.25) is 0 Å². The van der Waals surface area contributed by atoms with E-state index in [1.807, 2.05) is 20.2 Å². The fraction of sp³-hybridized carbons (Fsp3) is 0.556. The second-order valence-corrected chi connectivity index (χ2v) is 3.20. The molecule has 1 rings (SSSR count). The molecule has 0 aliphatic heterocycles. The topological polar surface area (TPSA) is 67.2 Å². The van der Waals surface area contributed by atoms with Crippen LogP contribution >= 0.6 is 0 Å². The number of carboxylic acid groups (broad SMARTS) is 1. The Labute approximate surface area is 82.7 Å². The van der Waals surface area contributed by atoms with Crippen molar-refractivity contribution in [3.63, 3.8) is 0 Å². The monoisotopic (exact) mass is 197 g/mol. The molecule has 1 atom stereocenters. The number of carbonyl (C=O) groups is 1. The van der Waals surface area contributed by atoms with E-state index in [9.17, 15) is 4.79 Å². The van der Waals surface area contributed by atoms with Gasteiger partial charge >= 0.3 is 5.97 Å². The van der Waals surface area contributed by atoms with Crippen LogP contribution in [0.5, 0.6) is 0 Å². The maximum absolute atomic E-state index is 10.7. The van der Waals surface area contributed by atoms with Crippen molar-refractivity contribution in [2.45, 2.75) is 25.9 Å². The molecule has 1 aromatic rings. The van der Waals surface area contributed by atoms with Gasteiger partial charge in [0.05, 0.1) is 6.20 Å². The molecule has 0 amide bonds. The lowest BCUT2D eigenvalue weighted by atomic mass is 10.2. The van der Waals surface area contributed by atoms with E-state index in [2.05, 4.69) is 10.4 Å². The molecule has 5 nitrogen and oxygen atoms in total. The normalized spacial score (nSPS) is 12.7. The van der Waals surface area contributed by atoms with Gasteiger partial charge in [-0.15, -0.1) is 0 Å². The molecule has 0 radical (unpaired) electrons. The number of aromatic nitrogens is 2. The summed E-state index contributed by atoms with van der Waals surface area (Å²) in [5, 5.41) is 15.7. The Morgan fingerprint density at radius 3 is 2.93 bits per heavy atom. The minimum atomic E-state index is -0.809. The number of nitrogens with zero attached hydrogens (tertiary/aromatic N) is 2. The average molecular weight is 197 g/mol. The van der Waals surface area contributed by atoms with Gasteiger partial charge in [0.25, 0.3) is 0 Å². The highest BCUT2D eigenvalue weighted by Gasteiger charge is 2.13. The molecule has 5 heteroatoms. The molecular weight excluding hydrogens is 182 g/mol. The first-order chi connectivity index (χ1) is 6.63. The Hall–Kier alpha value is -1.36. The summed E-state index contributed by atoms with van der Waals surface area (Å²) in [5.74, 6) is -0.809. The van der Waals surface area contributed by atoms with Gasteiger partial charge in [-0.2, -0.15) is 5.10 Å². The molecule has 2 N–H and O–H groups in total. The number of carboxylic acids is 1. The summed E-state index contributed by atoms with van der Waals surface area (Å²) in [7, 11) is 1.83. The second-order valence-electron chi connectivity index (χ2n) is 3.20. The number of hydrogen-bond donors (Lipinski definition) is 2. The van der Waals surface area contributed by atoms with E-state index >= 15 is 0 Å². The van der Waals surface area contributed by atoms with Crippen LogP contribution in [0.25, 0.3) is 0 Å². The van der Waals surface area contributed by atoms with Crippen molar-refractivity contribution >= 4 is 5.97 Å².